The lowest BCUT2D eigenvalue weighted by molar-refractivity contribution is -0.153. The fraction of sp³-hybridized carbons (Fsp3) is 0.917. The highest BCUT2D eigenvalue weighted by Crippen LogP contribution is 2.11. The number of hydrogen-bond donors (Lipinski definition) is 0. The van der Waals surface area contributed by atoms with Crippen LogP contribution in [0.3, 0.4) is 0 Å². The largest absolute Gasteiger partial charge is 0.468 e. The quantitative estimate of drug-likeness (QED) is 0.647. The predicted molar refractivity (Wildman–Crippen MR) is 63.9 cm³/mol. The van der Waals surface area contributed by atoms with Crippen LogP contribution in [0.1, 0.15) is 12.8 Å². The highest BCUT2D eigenvalue weighted by molar-refractivity contribution is 5.75. The third kappa shape index (κ3) is 3.40. The zero-order valence-corrected chi connectivity index (χ0v) is 10.6. The van der Waals surface area contributed by atoms with Crippen molar-refractivity contribution >= 4 is 5.97 Å². The molecule has 0 radical (unpaired) electrons. The lowest BCUT2D eigenvalue weighted by atomic mass is 10.2. The molecule has 2 heterocycles. The molecule has 1 unspecified atom stereocenters. The first kappa shape index (κ1) is 12.8. The summed E-state index contributed by atoms with van der Waals surface area (Å²) in [6.45, 7) is 6.39. The minimum absolute atomic E-state index is 0.175. The van der Waals surface area contributed by atoms with Crippen LogP contribution in [0.5, 0.6) is 0 Å². The lowest BCUT2D eigenvalue weighted by Gasteiger charge is -2.34. The van der Waals surface area contributed by atoms with Crippen LogP contribution >= 0.6 is 0 Å². The van der Waals surface area contributed by atoms with E-state index < -0.39 is 0 Å². The molecule has 0 aromatic heterocycles. The molecule has 17 heavy (non-hydrogen) atoms. The zero-order valence-electron chi connectivity index (χ0n) is 10.6. The summed E-state index contributed by atoms with van der Waals surface area (Å²) in [5.74, 6) is -0.175. The van der Waals surface area contributed by atoms with E-state index in [0.717, 1.165) is 19.6 Å². The van der Waals surface area contributed by atoms with Crippen molar-refractivity contribution in [1.82, 2.24) is 9.80 Å². The van der Waals surface area contributed by atoms with Gasteiger partial charge in [-0.3, -0.25) is 9.69 Å². The van der Waals surface area contributed by atoms with Crippen LogP contribution in [0.2, 0.25) is 0 Å². The van der Waals surface area contributed by atoms with E-state index >= 15 is 0 Å². The van der Waals surface area contributed by atoms with Crippen molar-refractivity contribution in [1.29, 1.82) is 0 Å². The first-order valence-electron chi connectivity index (χ1n) is 6.43. The molecule has 1 atom stereocenters. The van der Waals surface area contributed by atoms with E-state index in [9.17, 15) is 4.79 Å². The Morgan fingerprint density at radius 2 is 2.06 bits per heavy atom. The molecular formula is C12H22N2O3. The van der Waals surface area contributed by atoms with Crippen LogP contribution < -0.4 is 0 Å². The topological polar surface area (TPSA) is 42.0 Å². The number of hydrogen-bond acceptors (Lipinski definition) is 5. The Labute approximate surface area is 103 Å². The molecule has 2 fully saturated rings. The molecule has 0 aromatic rings. The van der Waals surface area contributed by atoms with E-state index in [1.807, 2.05) is 0 Å². The van der Waals surface area contributed by atoms with Crippen LogP contribution in [0.15, 0.2) is 0 Å². The molecule has 2 aliphatic heterocycles. The van der Waals surface area contributed by atoms with Crippen molar-refractivity contribution < 1.29 is 14.3 Å². The minimum Gasteiger partial charge on any atom is -0.468 e. The van der Waals surface area contributed by atoms with E-state index in [1.165, 1.54) is 33.0 Å². The Kier molecular flexibility index (Phi) is 4.76. The molecule has 0 amide bonds. The number of esters is 1. The maximum absolute atomic E-state index is 11.6. The molecular weight excluding hydrogens is 220 g/mol. The third-order valence-corrected chi connectivity index (χ3v) is 3.61. The monoisotopic (exact) mass is 242 g/mol. The van der Waals surface area contributed by atoms with Crippen molar-refractivity contribution in [3.63, 3.8) is 0 Å². The van der Waals surface area contributed by atoms with Gasteiger partial charge in [0.15, 0.2) is 0 Å². The van der Waals surface area contributed by atoms with Gasteiger partial charge in [0.05, 0.1) is 20.3 Å². The number of methoxy groups -OCH3 is 1. The highest BCUT2D eigenvalue weighted by Gasteiger charge is 2.30. The summed E-state index contributed by atoms with van der Waals surface area (Å²) in [5.41, 5.74) is 0. The number of nitrogens with zero attached hydrogens (tertiary/aromatic N) is 2. The Bertz CT molecular complexity index is 254. The molecule has 0 bridgehead atoms. The first-order chi connectivity index (χ1) is 8.31. The lowest BCUT2D eigenvalue weighted by Crippen LogP contribution is -2.52. The van der Waals surface area contributed by atoms with Gasteiger partial charge in [0.1, 0.15) is 6.04 Å². The summed E-state index contributed by atoms with van der Waals surface area (Å²) in [6.07, 6.45) is 2.62. The maximum atomic E-state index is 11.6. The molecule has 5 nitrogen and oxygen atoms in total. The summed E-state index contributed by atoms with van der Waals surface area (Å²) >= 11 is 0. The van der Waals surface area contributed by atoms with Crippen molar-refractivity contribution in [2.45, 2.75) is 18.9 Å². The number of likely N-dealkylation sites (tertiary alicyclic amines) is 1. The van der Waals surface area contributed by atoms with Crippen LogP contribution in [0.4, 0.5) is 0 Å². The summed E-state index contributed by atoms with van der Waals surface area (Å²) in [7, 11) is 1.44. The Balaban J connectivity index is 1.80. The Morgan fingerprint density at radius 3 is 2.76 bits per heavy atom. The smallest absolute Gasteiger partial charge is 0.325 e. The normalized spacial score (nSPS) is 27.2. The summed E-state index contributed by atoms with van der Waals surface area (Å²) in [5, 5.41) is 0. The molecule has 0 aliphatic carbocycles. The van der Waals surface area contributed by atoms with Gasteiger partial charge in [0.2, 0.25) is 0 Å². The van der Waals surface area contributed by atoms with Crippen molar-refractivity contribution in [2.24, 2.45) is 0 Å². The minimum atomic E-state index is -0.212. The van der Waals surface area contributed by atoms with Gasteiger partial charge < -0.3 is 14.4 Å². The van der Waals surface area contributed by atoms with E-state index in [1.54, 1.807) is 0 Å². The van der Waals surface area contributed by atoms with Gasteiger partial charge in [-0.15, -0.1) is 0 Å². The van der Waals surface area contributed by atoms with Gasteiger partial charge in [-0.1, -0.05) is 0 Å². The van der Waals surface area contributed by atoms with E-state index in [-0.39, 0.29) is 12.0 Å². The number of rotatable bonds is 4. The Morgan fingerprint density at radius 1 is 1.29 bits per heavy atom. The predicted octanol–water partition coefficient (Wildman–Crippen LogP) is -0.0440. The maximum Gasteiger partial charge on any atom is 0.325 e. The van der Waals surface area contributed by atoms with E-state index in [2.05, 4.69) is 9.80 Å². The molecule has 2 aliphatic rings. The zero-order chi connectivity index (χ0) is 12.1. The summed E-state index contributed by atoms with van der Waals surface area (Å²) in [6, 6.07) is -0.212. The molecule has 5 heteroatoms. The second kappa shape index (κ2) is 6.33. The molecule has 2 rings (SSSR count). The van der Waals surface area contributed by atoms with Gasteiger partial charge in [-0.2, -0.15) is 0 Å². The molecule has 0 N–H and O–H groups in total. The van der Waals surface area contributed by atoms with E-state index in [0.29, 0.717) is 13.2 Å². The first-order valence-corrected chi connectivity index (χ1v) is 6.43. The molecule has 0 aromatic carbocycles. The third-order valence-electron chi connectivity index (χ3n) is 3.61. The van der Waals surface area contributed by atoms with Crippen molar-refractivity contribution in [2.75, 3.05) is 53.0 Å². The fourth-order valence-corrected chi connectivity index (χ4v) is 2.53. The average molecular weight is 242 g/mol. The van der Waals surface area contributed by atoms with Crippen LogP contribution in [-0.4, -0.2) is 74.9 Å². The van der Waals surface area contributed by atoms with Crippen molar-refractivity contribution in [3.8, 4) is 0 Å². The van der Waals surface area contributed by atoms with E-state index in [4.69, 9.17) is 9.47 Å². The van der Waals surface area contributed by atoms with Crippen LogP contribution in [0.25, 0.3) is 0 Å². The number of carbonyl (C=O) groups is 1. The highest BCUT2D eigenvalue weighted by atomic mass is 16.5. The van der Waals surface area contributed by atoms with Crippen LogP contribution in [-0.2, 0) is 14.3 Å². The van der Waals surface area contributed by atoms with Gasteiger partial charge in [-0.05, 0) is 25.9 Å². The average Bonchev–Trinajstić information content (AvgIpc) is 2.89. The van der Waals surface area contributed by atoms with Crippen molar-refractivity contribution in [3.05, 3.63) is 0 Å². The van der Waals surface area contributed by atoms with Gasteiger partial charge in [0.25, 0.3) is 0 Å². The number of ether oxygens (including phenoxy) is 2. The number of morpholine rings is 1. The molecule has 98 valence electrons. The molecule has 0 spiro atoms. The summed E-state index contributed by atoms with van der Waals surface area (Å²) < 4.78 is 10.2. The fourth-order valence-electron chi connectivity index (χ4n) is 2.53. The standard InChI is InChI=1S/C12H22N2O3/c1-16-12(15)11-10-17-9-8-14(11)7-6-13-4-2-3-5-13/h11H,2-10H2,1H3. The number of carbonyl (C=O) groups excluding carboxylic acids is 1. The second-order valence-electron chi connectivity index (χ2n) is 4.70. The van der Waals surface area contributed by atoms with Gasteiger partial charge >= 0.3 is 5.97 Å². The van der Waals surface area contributed by atoms with Crippen LogP contribution in [0, 0.1) is 0 Å². The molecule has 2 saturated heterocycles. The molecule has 0 saturated carbocycles. The SMILES string of the molecule is COC(=O)C1COCCN1CCN1CCCC1. The van der Waals surface area contributed by atoms with Gasteiger partial charge in [-0.25, -0.2) is 0 Å². The second-order valence-corrected chi connectivity index (χ2v) is 4.70. The summed E-state index contributed by atoms with van der Waals surface area (Å²) in [4.78, 5) is 16.3. The van der Waals surface area contributed by atoms with Gasteiger partial charge in [0, 0.05) is 19.6 Å². The Hall–Kier alpha value is -0.650.